The van der Waals surface area contributed by atoms with Gasteiger partial charge in [0, 0.05) is 19.3 Å². The van der Waals surface area contributed by atoms with Gasteiger partial charge in [0.15, 0.2) is 17.3 Å². The molecular weight excluding hydrogens is 1340 g/mol. The molecule has 1 unspecified atom stereocenters. The van der Waals surface area contributed by atoms with Crippen molar-refractivity contribution in [2.45, 2.75) is 288 Å². The van der Waals surface area contributed by atoms with Gasteiger partial charge in [0.25, 0.3) is 11.8 Å². The zero-order chi connectivity index (χ0) is 77.0. The lowest BCUT2D eigenvalue weighted by molar-refractivity contribution is -0.184. The number of hydrogen-bond acceptors (Lipinski definition) is 19. The number of ketones is 2. The van der Waals surface area contributed by atoms with Gasteiger partial charge in [-0.1, -0.05) is 96.9 Å². The van der Waals surface area contributed by atoms with Gasteiger partial charge in [-0.2, -0.15) is 0 Å². The maximum Gasteiger partial charge on any atom is 0.310 e. The predicted octanol–water partition coefficient (Wildman–Crippen LogP) is 17.3. The lowest BCUT2D eigenvalue weighted by Gasteiger charge is -2.69. The van der Waals surface area contributed by atoms with Crippen LogP contribution in [0.1, 0.15) is 276 Å². The summed E-state index contributed by atoms with van der Waals surface area (Å²) in [5.74, 6) is 0.952. The van der Waals surface area contributed by atoms with Crippen LogP contribution in [-0.4, -0.2) is 107 Å². The van der Waals surface area contributed by atoms with E-state index in [-0.39, 0.29) is 105 Å². The zero-order valence-electron chi connectivity index (χ0n) is 66.8. The van der Waals surface area contributed by atoms with E-state index in [9.17, 15) is 39.0 Å². The summed E-state index contributed by atoms with van der Waals surface area (Å²) in [6, 6.07) is 3.43. The Morgan fingerprint density at radius 3 is 1.48 bits per heavy atom. The number of carboxylic acid groups (broad SMARTS) is 2. The largest absolute Gasteiger partial charge is 0.495 e. The molecule has 6 fully saturated rings. The van der Waals surface area contributed by atoms with E-state index in [1.807, 2.05) is 13.8 Å². The number of allylic oxidation sites excluding steroid dienone is 4. The van der Waals surface area contributed by atoms with Crippen molar-refractivity contribution >= 4 is 35.4 Å². The average Bonchev–Trinajstić information content (AvgIpc) is 1.29. The van der Waals surface area contributed by atoms with Gasteiger partial charge < -0.3 is 38.0 Å². The summed E-state index contributed by atoms with van der Waals surface area (Å²) in [6.45, 7) is 36.9. The highest BCUT2D eigenvalue weighted by Crippen LogP contribution is 2.77. The molecule has 0 aliphatic heterocycles. The van der Waals surface area contributed by atoms with Gasteiger partial charge in [-0.3, -0.25) is 28.8 Å². The standard InChI is InChI=1S/C85H119N7O14/c1-20-51(103-63(95)43-76(9,10)74(97)98)30-32-78(12)49(7)28-34-82(16)61(78)26-22-54-67-65(47(3)4)58(93)41-84(67,38-36-80(54,82)14)72-91-89-70(105-72)56-24-25-60(102-19)57(88-56)40-77(11,75(99)100)44-64(96)104-52(21-2)31-33-79(13)50(8)29-35-83(17)62(79)27-23-55-68-66(48(5)6)59(94)42-85(68,39-37-81(55,83)15)73-92-90-71(106-73)69-86-45-53(101-18)46-87-69/h24-25,45-52,54-55,61-62H,20-23,26-44H2,1-19H3,(H,97,98)(H,99,100)/t49-,50-,51-,52-,54-,55-,61-,62-,77?,78+,79+,80-,81-,82-,83-,84-,85-/m1/s1. The van der Waals surface area contributed by atoms with Gasteiger partial charge >= 0.3 is 23.9 Å². The Kier molecular flexibility index (Phi) is 21.0. The lowest BCUT2D eigenvalue weighted by atomic mass is 9.35. The molecule has 2 N–H and O–H groups in total. The second-order valence-electron chi connectivity index (χ2n) is 37.1. The Labute approximate surface area is 627 Å². The summed E-state index contributed by atoms with van der Waals surface area (Å²) in [6.07, 6.45) is 17.3. The summed E-state index contributed by atoms with van der Waals surface area (Å²) in [7, 11) is 3.06. The number of rotatable bonds is 26. The third-order valence-corrected chi connectivity index (χ3v) is 30.7. The number of aliphatic carboxylic acids is 2. The number of Topliss-reactive ketones (excluding diaryl/α,β-unsaturated/α-hetero) is 2. The van der Waals surface area contributed by atoms with Gasteiger partial charge in [0.05, 0.1) is 66.8 Å². The number of carboxylic acids is 2. The Balaban J connectivity index is 0.735. The van der Waals surface area contributed by atoms with Crippen molar-refractivity contribution in [3.05, 3.63) is 64.3 Å². The van der Waals surface area contributed by atoms with E-state index in [0.29, 0.717) is 109 Å². The van der Waals surface area contributed by atoms with Crippen LogP contribution in [0.3, 0.4) is 0 Å². The summed E-state index contributed by atoms with van der Waals surface area (Å²) in [4.78, 5) is 96.3. The Hall–Kier alpha value is -7.19. The Morgan fingerprint density at radius 1 is 0.585 bits per heavy atom. The fourth-order valence-corrected chi connectivity index (χ4v) is 23.6. The molecule has 0 radical (unpaired) electrons. The summed E-state index contributed by atoms with van der Waals surface area (Å²) in [5, 5.41) is 39.5. The number of ether oxygens (including phenoxy) is 4. The molecule has 0 spiro atoms. The van der Waals surface area contributed by atoms with E-state index in [1.165, 1.54) is 12.7 Å². The molecule has 0 aromatic carbocycles. The number of methoxy groups -OCH3 is 2. The fraction of sp³-hybridized carbons (Fsp3) is 0.729. The van der Waals surface area contributed by atoms with Crippen LogP contribution in [0.5, 0.6) is 11.5 Å². The molecule has 4 heterocycles. The topological polar surface area (TPSA) is 296 Å². The Bertz CT molecular complexity index is 4140. The fourth-order valence-electron chi connectivity index (χ4n) is 23.6. The first-order valence-electron chi connectivity index (χ1n) is 39.8. The first kappa shape index (κ1) is 78.4. The van der Waals surface area contributed by atoms with Crippen LogP contribution in [0.4, 0.5) is 0 Å². The molecule has 12 rings (SSSR count). The smallest absolute Gasteiger partial charge is 0.310 e. The minimum atomic E-state index is -1.67. The third-order valence-electron chi connectivity index (χ3n) is 30.7. The molecule has 0 bridgehead atoms. The van der Waals surface area contributed by atoms with Crippen molar-refractivity contribution in [3.8, 4) is 34.8 Å². The van der Waals surface area contributed by atoms with E-state index in [2.05, 4.69) is 103 Å². The van der Waals surface area contributed by atoms with Crippen molar-refractivity contribution in [2.75, 3.05) is 14.2 Å². The molecule has 8 aliphatic carbocycles. The molecule has 4 aromatic heterocycles. The highest BCUT2D eigenvalue weighted by molar-refractivity contribution is 6.02. The van der Waals surface area contributed by atoms with Crippen LogP contribution < -0.4 is 9.47 Å². The number of fused-ring (bicyclic) bond motifs is 10. The van der Waals surface area contributed by atoms with Crippen LogP contribution in [-0.2, 0) is 55.5 Å². The average molecular weight is 1460 g/mol. The minimum Gasteiger partial charge on any atom is -0.495 e. The lowest BCUT2D eigenvalue weighted by Crippen LogP contribution is -2.62. The van der Waals surface area contributed by atoms with Crippen LogP contribution in [0.2, 0.25) is 0 Å². The van der Waals surface area contributed by atoms with Crippen molar-refractivity contribution in [1.82, 2.24) is 35.3 Å². The molecule has 6 saturated carbocycles. The monoisotopic (exact) mass is 1460 g/mol. The molecule has 106 heavy (non-hydrogen) atoms. The summed E-state index contributed by atoms with van der Waals surface area (Å²) in [5.41, 5.74) is -0.431. The second-order valence-corrected chi connectivity index (χ2v) is 37.1. The molecule has 0 amide bonds. The number of pyridine rings is 1. The van der Waals surface area contributed by atoms with Crippen LogP contribution in [0, 0.1) is 90.7 Å². The first-order chi connectivity index (χ1) is 49.8. The van der Waals surface area contributed by atoms with Crippen molar-refractivity contribution in [2.24, 2.45) is 90.7 Å². The van der Waals surface area contributed by atoms with Crippen LogP contribution in [0.15, 0.2) is 55.7 Å². The van der Waals surface area contributed by atoms with Crippen molar-refractivity contribution in [3.63, 3.8) is 0 Å². The number of esters is 2. The molecule has 21 heteroatoms. The SMILES string of the molecule is CC[C@H](CC[C@@]1(C)[C@H](C)CC[C@]2(C)[C@@H]1CC[C@@H]1C3=C(C(C)C)C(=O)C[C@]3(c3nnc(-c4ccc(OC)c(CC(C)(CC(=O)O[C@H](CC)CC[C@@]5(C)[C@H](C)CC[C@]6(C)[C@@H]5CC[C@@H]5C7=C(C(C)C)C(=O)C[C@]7(c7nnc(-c8ncc(OC)cn8)o7)CC[C@]56C)C(=O)O)n4)o3)CC[C@]12C)OC(=O)CC(C)(C)C(=O)O. The third kappa shape index (κ3) is 12.7. The van der Waals surface area contributed by atoms with Gasteiger partial charge in [-0.15, -0.1) is 20.4 Å². The van der Waals surface area contributed by atoms with E-state index >= 15 is 0 Å². The van der Waals surface area contributed by atoms with Crippen LogP contribution in [0.25, 0.3) is 23.3 Å². The zero-order valence-corrected chi connectivity index (χ0v) is 66.8. The molecule has 578 valence electrons. The van der Waals surface area contributed by atoms with E-state index in [1.54, 1.807) is 52.4 Å². The maximum atomic E-state index is 14.8. The number of aromatic nitrogens is 7. The van der Waals surface area contributed by atoms with Crippen LogP contribution >= 0.6 is 0 Å². The predicted molar refractivity (Wildman–Crippen MR) is 398 cm³/mol. The van der Waals surface area contributed by atoms with Gasteiger partial charge in [-0.25, -0.2) is 15.0 Å². The maximum absolute atomic E-state index is 14.8. The molecule has 17 atom stereocenters. The highest BCUT2D eigenvalue weighted by atomic mass is 16.5. The number of hydrogen-bond donors (Lipinski definition) is 2. The Morgan fingerprint density at radius 2 is 1.05 bits per heavy atom. The molecule has 21 nitrogen and oxygen atoms in total. The van der Waals surface area contributed by atoms with Crippen molar-refractivity contribution < 1.29 is 66.8 Å². The molecule has 8 aliphatic rings. The minimum absolute atomic E-state index is 0.0111. The number of nitrogens with zero attached hydrogens (tertiary/aromatic N) is 7. The van der Waals surface area contributed by atoms with Gasteiger partial charge in [0.2, 0.25) is 17.6 Å². The van der Waals surface area contributed by atoms with E-state index in [0.717, 1.165) is 93.8 Å². The highest BCUT2D eigenvalue weighted by Gasteiger charge is 2.71. The second kappa shape index (κ2) is 28.4. The summed E-state index contributed by atoms with van der Waals surface area (Å²) < 4.78 is 37.0. The normalized spacial score (nSPS) is 33.9. The van der Waals surface area contributed by atoms with E-state index < -0.39 is 58.1 Å². The first-order valence-corrected chi connectivity index (χ1v) is 39.8. The van der Waals surface area contributed by atoms with Gasteiger partial charge in [0.1, 0.15) is 23.7 Å². The number of carbonyl (C=O) groups excluding carboxylic acids is 4. The van der Waals surface area contributed by atoms with E-state index in [4.69, 9.17) is 43.0 Å². The molecule has 0 saturated heterocycles. The van der Waals surface area contributed by atoms with Gasteiger partial charge in [-0.05, 0) is 251 Å². The van der Waals surface area contributed by atoms with Crippen molar-refractivity contribution in [1.29, 1.82) is 0 Å². The molecular formula is C85H119N7O14. The quantitative estimate of drug-likeness (QED) is 0.0552. The molecule has 4 aromatic rings. The summed E-state index contributed by atoms with van der Waals surface area (Å²) >= 11 is 0. The number of carbonyl (C=O) groups is 6.